The molecule has 0 unspecified atom stereocenters. The van der Waals surface area contributed by atoms with E-state index < -0.39 is 28.5 Å². The molecule has 3 aromatic rings. The van der Waals surface area contributed by atoms with Crippen molar-refractivity contribution in [3.63, 3.8) is 0 Å². The summed E-state index contributed by atoms with van der Waals surface area (Å²) in [4.78, 5) is 28.6. The van der Waals surface area contributed by atoms with Crippen molar-refractivity contribution in [2.75, 3.05) is 17.4 Å². The van der Waals surface area contributed by atoms with E-state index in [1.165, 1.54) is 17.0 Å². The van der Waals surface area contributed by atoms with E-state index in [4.69, 9.17) is 0 Å². The van der Waals surface area contributed by atoms with E-state index >= 15 is 0 Å². The van der Waals surface area contributed by atoms with Crippen LogP contribution in [0.2, 0.25) is 0 Å². The summed E-state index contributed by atoms with van der Waals surface area (Å²) in [5.41, 5.74) is 2.83. The van der Waals surface area contributed by atoms with E-state index in [0.717, 1.165) is 25.5 Å². The molecule has 3 aromatic carbocycles. The molecule has 3 rings (SSSR count). The highest BCUT2D eigenvalue weighted by atomic mass is 79.9. The van der Waals surface area contributed by atoms with Crippen LogP contribution in [0.4, 0.5) is 5.69 Å². The van der Waals surface area contributed by atoms with Gasteiger partial charge in [-0.05, 0) is 73.7 Å². The van der Waals surface area contributed by atoms with E-state index in [1.807, 2.05) is 64.1 Å². The summed E-state index contributed by atoms with van der Waals surface area (Å²) in [6.07, 6.45) is 0. The zero-order valence-corrected chi connectivity index (χ0v) is 25.4. The van der Waals surface area contributed by atoms with Crippen molar-refractivity contribution in [2.24, 2.45) is 5.92 Å². The number of anilines is 1. The van der Waals surface area contributed by atoms with Gasteiger partial charge in [-0.15, -0.1) is 0 Å². The van der Waals surface area contributed by atoms with Crippen LogP contribution in [0.15, 0.2) is 82.2 Å². The Labute approximate surface area is 240 Å². The number of hydrogen-bond acceptors (Lipinski definition) is 4. The molecule has 1 atom stereocenters. The number of aryl methyl sites for hydroxylation is 2. The average molecular weight is 615 g/mol. The number of nitrogens with zero attached hydrogens (tertiary/aromatic N) is 2. The van der Waals surface area contributed by atoms with Crippen molar-refractivity contribution in [2.45, 2.75) is 52.1 Å². The maximum atomic E-state index is 14.0. The molecule has 9 heteroatoms. The Morgan fingerprint density at radius 2 is 1.56 bits per heavy atom. The van der Waals surface area contributed by atoms with Crippen LogP contribution >= 0.6 is 15.9 Å². The van der Waals surface area contributed by atoms with Crippen molar-refractivity contribution in [1.29, 1.82) is 0 Å². The lowest BCUT2D eigenvalue weighted by Crippen LogP contribution is -2.51. The summed E-state index contributed by atoms with van der Waals surface area (Å²) >= 11 is 3.42. The number of sulfonamides is 1. The Kier molecular flexibility index (Phi) is 10.3. The number of carbonyl (C=O) groups is 2. The maximum Gasteiger partial charge on any atom is 0.264 e. The van der Waals surface area contributed by atoms with Gasteiger partial charge in [-0.2, -0.15) is 0 Å². The second-order valence-electron chi connectivity index (χ2n) is 10.1. The predicted octanol–water partition coefficient (Wildman–Crippen LogP) is 5.45. The van der Waals surface area contributed by atoms with Gasteiger partial charge in [0.05, 0.1) is 10.6 Å². The SMILES string of the molecule is Cc1ccc(C)c(N(CC(=O)N(Cc2ccc(Br)cc2)[C@H](C)C(=O)NCC(C)C)S(=O)(=O)c2ccccc2)c1. The number of rotatable bonds is 11. The zero-order chi connectivity index (χ0) is 28.7. The highest BCUT2D eigenvalue weighted by Gasteiger charge is 2.33. The van der Waals surface area contributed by atoms with Gasteiger partial charge in [0.1, 0.15) is 12.6 Å². The molecule has 0 radical (unpaired) electrons. The predicted molar refractivity (Wildman–Crippen MR) is 159 cm³/mol. The standard InChI is InChI=1S/C30H36BrN3O4S/c1-21(2)18-32-30(36)24(5)33(19-25-13-15-26(31)16-14-25)29(35)20-34(28-17-22(3)11-12-23(28)4)39(37,38)27-9-7-6-8-10-27/h6-17,21,24H,18-20H2,1-5H3,(H,32,36)/t24-/m1/s1. The average Bonchev–Trinajstić information content (AvgIpc) is 2.91. The third-order valence-corrected chi connectivity index (χ3v) is 8.66. The lowest BCUT2D eigenvalue weighted by atomic mass is 10.1. The van der Waals surface area contributed by atoms with Crippen molar-refractivity contribution in [3.05, 3.63) is 94.0 Å². The largest absolute Gasteiger partial charge is 0.354 e. The number of benzene rings is 3. The van der Waals surface area contributed by atoms with E-state index in [-0.39, 0.29) is 23.3 Å². The molecule has 0 aliphatic heterocycles. The monoisotopic (exact) mass is 613 g/mol. The van der Waals surface area contributed by atoms with Crippen LogP contribution in [0.25, 0.3) is 0 Å². The topological polar surface area (TPSA) is 86.8 Å². The minimum atomic E-state index is -4.09. The minimum absolute atomic E-state index is 0.0842. The molecule has 0 saturated carbocycles. The number of hydrogen-bond donors (Lipinski definition) is 1. The third kappa shape index (κ3) is 7.92. The smallest absolute Gasteiger partial charge is 0.264 e. The summed E-state index contributed by atoms with van der Waals surface area (Å²) in [6.45, 7) is 9.50. The fourth-order valence-electron chi connectivity index (χ4n) is 4.04. The number of halogens is 1. The first kappa shape index (κ1) is 30.4. The highest BCUT2D eigenvalue weighted by Crippen LogP contribution is 2.28. The molecule has 39 heavy (non-hydrogen) atoms. The number of carbonyl (C=O) groups excluding carboxylic acids is 2. The Bertz CT molecular complexity index is 1390. The quantitative estimate of drug-likeness (QED) is 0.311. The second kappa shape index (κ2) is 13.3. The molecule has 7 nitrogen and oxygen atoms in total. The van der Waals surface area contributed by atoms with Crippen LogP contribution in [0, 0.1) is 19.8 Å². The second-order valence-corrected chi connectivity index (χ2v) is 12.9. The summed E-state index contributed by atoms with van der Waals surface area (Å²) in [5.74, 6) is -0.531. The van der Waals surface area contributed by atoms with Gasteiger partial charge in [-0.1, -0.05) is 72.2 Å². The summed E-state index contributed by atoms with van der Waals surface area (Å²) in [5, 5.41) is 2.90. The molecule has 2 amide bonds. The van der Waals surface area contributed by atoms with Crippen molar-refractivity contribution >= 4 is 43.5 Å². The van der Waals surface area contributed by atoms with E-state index in [2.05, 4.69) is 21.2 Å². The van der Waals surface area contributed by atoms with Gasteiger partial charge >= 0.3 is 0 Å². The van der Waals surface area contributed by atoms with E-state index in [1.54, 1.807) is 31.2 Å². The van der Waals surface area contributed by atoms with Crippen molar-refractivity contribution in [1.82, 2.24) is 10.2 Å². The first-order chi connectivity index (χ1) is 18.4. The first-order valence-electron chi connectivity index (χ1n) is 12.9. The molecule has 0 aliphatic rings. The van der Waals surface area contributed by atoms with E-state index in [9.17, 15) is 18.0 Å². The molecule has 0 heterocycles. The molecule has 0 aliphatic carbocycles. The molecular weight excluding hydrogens is 578 g/mol. The van der Waals surface area contributed by atoms with Gasteiger partial charge in [-0.3, -0.25) is 13.9 Å². The molecule has 208 valence electrons. The fraction of sp³-hybridized carbons (Fsp3) is 0.333. The maximum absolute atomic E-state index is 14.0. The Morgan fingerprint density at radius 1 is 0.923 bits per heavy atom. The van der Waals surface area contributed by atoms with Gasteiger partial charge in [0.2, 0.25) is 11.8 Å². The number of nitrogens with one attached hydrogen (secondary N) is 1. The van der Waals surface area contributed by atoms with Gasteiger partial charge in [-0.25, -0.2) is 8.42 Å². The highest BCUT2D eigenvalue weighted by molar-refractivity contribution is 9.10. The molecule has 0 saturated heterocycles. The number of amides is 2. The van der Waals surface area contributed by atoms with Crippen molar-refractivity contribution in [3.8, 4) is 0 Å². The molecular formula is C30H36BrN3O4S. The summed E-state index contributed by atoms with van der Waals surface area (Å²) < 4.78 is 29.8. The lowest BCUT2D eigenvalue weighted by molar-refractivity contribution is -0.139. The molecule has 0 bridgehead atoms. The summed E-state index contributed by atoms with van der Waals surface area (Å²) in [6, 6.07) is 20.2. The third-order valence-electron chi connectivity index (χ3n) is 6.36. The molecule has 1 N–H and O–H groups in total. The lowest BCUT2D eigenvalue weighted by Gasteiger charge is -2.32. The molecule has 0 aromatic heterocycles. The van der Waals surface area contributed by atoms with Crippen LogP contribution in [0.3, 0.4) is 0 Å². The minimum Gasteiger partial charge on any atom is -0.354 e. The molecule has 0 spiro atoms. The zero-order valence-electron chi connectivity index (χ0n) is 23.0. The van der Waals surface area contributed by atoms with Crippen LogP contribution in [0.1, 0.15) is 37.5 Å². The summed E-state index contributed by atoms with van der Waals surface area (Å²) in [7, 11) is -4.09. The van der Waals surface area contributed by atoms with E-state index in [0.29, 0.717) is 12.2 Å². The molecule has 0 fully saturated rings. The van der Waals surface area contributed by atoms with Crippen LogP contribution < -0.4 is 9.62 Å². The van der Waals surface area contributed by atoms with Gasteiger partial charge < -0.3 is 10.2 Å². The normalized spacial score (nSPS) is 12.2. The Hall–Kier alpha value is -3.17. The first-order valence-corrected chi connectivity index (χ1v) is 15.1. The van der Waals surface area contributed by atoms with Crippen molar-refractivity contribution < 1.29 is 18.0 Å². The van der Waals surface area contributed by atoms with Gasteiger partial charge in [0.25, 0.3) is 10.0 Å². The van der Waals surface area contributed by atoms with Gasteiger partial charge in [0, 0.05) is 17.6 Å². The van der Waals surface area contributed by atoms with Crippen LogP contribution in [0.5, 0.6) is 0 Å². The Morgan fingerprint density at radius 3 is 2.18 bits per heavy atom. The van der Waals surface area contributed by atoms with Crippen LogP contribution in [-0.2, 0) is 26.2 Å². The van der Waals surface area contributed by atoms with Gasteiger partial charge in [0.15, 0.2) is 0 Å². The Balaban J connectivity index is 2.03. The van der Waals surface area contributed by atoms with Crippen LogP contribution in [-0.4, -0.2) is 44.3 Å². The fourth-order valence-corrected chi connectivity index (χ4v) is 5.80.